The van der Waals surface area contributed by atoms with Gasteiger partial charge in [0.2, 0.25) is 0 Å². The summed E-state index contributed by atoms with van der Waals surface area (Å²) in [6, 6.07) is 0. The lowest BCUT2D eigenvalue weighted by atomic mass is 9.37. The Morgan fingerprint density at radius 3 is 2.40 bits per heavy atom. The fourth-order valence-corrected chi connectivity index (χ4v) is 9.75. The van der Waals surface area contributed by atoms with Crippen molar-refractivity contribution in [1.82, 2.24) is 0 Å². The summed E-state index contributed by atoms with van der Waals surface area (Å²) in [4.78, 5) is 12.7. The van der Waals surface area contributed by atoms with Gasteiger partial charge in [-0.05, 0) is 98.7 Å². The van der Waals surface area contributed by atoms with Gasteiger partial charge in [0.25, 0.3) is 0 Å². The molecule has 0 radical (unpaired) electrons. The highest BCUT2D eigenvalue weighted by atomic mass is 16.4. The van der Waals surface area contributed by atoms with Crippen LogP contribution in [0.1, 0.15) is 98.8 Å². The van der Waals surface area contributed by atoms with Crippen molar-refractivity contribution < 1.29 is 20.1 Å². The molecule has 0 aromatic carbocycles. The highest BCUT2D eigenvalue weighted by molar-refractivity contribution is 5.77. The van der Waals surface area contributed by atoms with E-state index in [0.717, 1.165) is 19.3 Å². The van der Waals surface area contributed by atoms with Gasteiger partial charge in [0.15, 0.2) is 0 Å². The van der Waals surface area contributed by atoms with E-state index in [0.29, 0.717) is 24.2 Å². The van der Waals surface area contributed by atoms with E-state index in [2.05, 4.69) is 27.7 Å². The van der Waals surface area contributed by atoms with Crippen LogP contribution < -0.4 is 0 Å². The van der Waals surface area contributed by atoms with Gasteiger partial charge in [0, 0.05) is 0 Å². The van der Waals surface area contributed by atoms with Crippen LogP contribution in [0.15, 0.2) is 0 Å². The SMILES string of the molecule is CCC[C@@H](C)[C@H]1CC[C@H]2[C@H]3[C@H](CC[C@]12C)[C@@]1(C)CCC(O)CC1(C(=O)O)CC3(C)O. The Kier molecular flexibility index (Phi) is 5.42. The summed E-state index contributed by atoms with van der Waals surface area (Å²) in [6.07, 6.45) is 8.55. The number of aliphatic hydroxyl groups is 2. The Morgan fingerprint density at radius 1 is 1.07 bits per heavy atom. The molecule has 172 valence electrons. The number of carboxylic acid groups (broad SMARTS) is 1. The molecule has 3 unspecified atom stereocenters. The minimum Gasteiger partial charge on any atom is -0.481 e. The maximum Gasteiger partial charge on any atom is 0.310 e. The first-order valence-corrected chi connectivity index (χ1v) is 12.6. The Bertz CT molecular complexity index is 689. The van der Waals surface area contributed by atoms with Crippen LogP contribution in [0.3, 0.4) is 0 Å². The average Bonchev–Trinajstić information content (AvgIpc) is 3.00. The van der Waals surface area contributed by atoms with Crippen molar-refractivity contribution in [1.29, 1.82) is 0 Å². The van der Waals surface area contributed by atoms with Crippen molar-refractivity contribution in [3.8, 4) is 0 Å². The van der Waals surface area contributed by atoms with Crippen molar-refractivity contribution in [2.45, 2.75) is 111 Å². The number of hydrogen-bond acceptors (Lipinski definition) is 3. The van der Waals surface area contributed by atoms with E-state index >= 15 is 0 Å². The molecule has 4 fully saturated rings. The molecule has 3 N–H and O–H groups in total. The summed E-state index contributed by atoms with van der Waals surface area (Å²) in [7, 11) is 0. The van der Waals surface area contributed by atoms with Crippen molar-refractivity contribution in [2.24, 2.45) is 45.8 Å². The van der Waals surface area contributed by atoms with Gasteiger partial charge in [-0.2, -0.15) is 0 Å². The molecule has 0 aromatic heterocycles. The molecule has 4 rings (SSSR count). The third-order valence-corrected chi connectivity index (χ3v) is 11.1. The maximum atomic E-state index is 12.7. The number of aliphatic hydroxyl groups excluding tert-OH is 1. The highest BCUT2D eigenvalue weighted by Crippen LogP contribution is 2.73. The Morgan fingerprint density at radius 2 is 1.77 bits per heavy atom. The zero-order valence-corrected chi connectivity index (χ0v) is 19.8. The number of aliphatic carboxylic acids is 1. The van der Waals surface area contributed by atoms with Gasteiger partial charge in [0.05, 0.1) is 17.1 Å². The second kappa shape index (κ2) is 7.20. The van der Waals surface area contributed by atoms with E-state index in [1.807, 2.05) is 6.92 Å². The molecule has 4 heteroatoms. The van der Waals surface area contributed by atoms with Crippen molar-refractivity contribution >= 4 is 5.97 Å². The van der Waals surface area contributed by atoms with E-state index < -0.39 is 23.1 Å². The fourth-order valence-electron chi connectivity index (χ4n) is 9.75. The lowest BCUT2D eigenvalue weighted by Gasteiger charge is -2.68. The molecule has 0 amide bonds. The summed E-state index contributed by atoms with van der Waals surface area (Å²) in [6.45, 7) is 11.3. The zero-order valence-electron chi connectivity index (χ0n) is 19.8. The Hall–Kier alpha value is -0.610. The molecule has 4 aliphatic carbocycles. The largest absolute Gasteiger partial charge is 0.481 e. The van der Waals surface area contributed by atoms with Crippen LogP contribution >= 0.6 is 0 Å². The van der Waals surface area contributed by atoms with Crippen LogP contribution in [0, 0.1) is 45.8 Å². The van der Waals surface area contributed by atoms with E-state index in [9.17, 15) is 20.1 Å². The van der Waals surface area contributed by atoms with Gasteiger partial charge in [-0.1, -0.05) is 40.5 Å². The van der Waals surface area contributed by atoms with Crippen LogP contribution in [0.5, 0.6) is 0 Å². The van der Waals surface area contributed by atoms with Gasteiger partial charge in [-0.3, -0.25) is 4.79 Å². The third kappa shape index (κ3) is 2.88. The van der Waals surface area contributed by atoms with Crippen molar-refractivity contribution in [3.05, 3.63) is 0 Å². The maximum absolute atomic E-state index is 12.7. The predicted octanol–water partition coefficient (Wildman–Crippen LogP) is 5.26. The minimum absolute atomic E-state index is 0.169. The van der Waals surface area contributed by atoms with Crippen molar-refractivity contribution in [2.75, 3.05) is 0 Å². The van der Waals surface area contributed by atoms with E-state index in [1.54, 1.807) is 0 Å². The van der Waals surface area contributed by atoms with Gasteiger partial charge in [0.1, 0.15) is 0 Å². The molecule has 30 heavy (non-hydrogen) atoms. The molecular formula is C26H44O4. The third-order valence-electron chi connectivity index (χ3n) is 11.1. The van der Waals surface area contributed by atoms with Crippen LogP contribution in [0.4, 0.5) is 0 Å². The van der Waals surface area contributed by atoms with E-state index in [-0.39, 0.29) is 35.5 Å². The number of fused-ring (bicyclic) bond motifs is 5. The van der Waals surface area contributed by atoms with Gasteiger partial charge in [-0.15, -0.1) is 0 Å². The molecule has 0 heterocycles. The first-order chi connectivity index (χ1) is 13.9. The van der Waals surface area contributed by atoms with Gasteiger partial charge >= 0.3 is 5.97 Å². The molecule has 0 aromatic rings. The second-order valence-electron chi connectivity index (χ2n) is 12.5. The lowest BCUT2D eigenvalue weighted by molar-refractivity contribution is -0.251. The average molecular weight is 421 g/mol. The molecule has 4 aliphatic rings. The van der Waals surface area contributed by atoms with Crippen LogP contribution in [-0.2, 0) is 4.79 Å². The summed E-state index contributed by atoms with van der Waals surface area (Å²) in [5.74, 6) is 1.49. The molecule has 4 nitrogen and oxygen atoms in total. The standard InChI is InChI=1S/C26H44O4/c1-6-7-16(2)18-8-9-19-21-20(11-12-23(18,19)3)24(4)13-10-17(27)14-26(24,22(28)29)15-25(21,5)30/h16-21,27,30H,6-15H2,1-5H3,(H,28,29)/t16-,17?,18-,19+,20+,21+,23-,24-,25?,26?/m1/s1. The summed E-state index contributed by atoms with van der Waals surface area (Å²) in [5, 5.41) is 32.7. The van der Waals surface area contributed by atoms with E-state index in [1.165, 1.54) is 25.7 Å². The second-order valence-corrected chi connectivity index (χ2v) is 12.5. The van der Waals surface area contributed by atoms with Crippen LogP contribution in [-0.4, -0.2) is 33.0 Å². The van der Waals surface area contributed by atoms with Crippen LogP contribution in [0.25, 0.3) is 0 Å². The summed E-state index contributed by atoms with van der Waals surface area (Å²) >= 11 is 0. The first-order valence-electron chi connectivity index (χ1n) is 12.6. The topological polar surface area (TPSA) is 77.8 Å². The minimum atomic E-state index is -1.02. The first kappa shape index (κ1) is 22.6. The number of carbonyl (C=O) groups is 1. The number of carboxylic acids is 1. The molecule has 0 bridgehead atoms. The monoisotopic (exact) mass is 420 g/mol. The molecular weight excluding hydrogens is 376 g/mol. The molecule has 10 atom stereocenters. The molecule has 0 saturated heterocycles. The number of hydrogen-bond donors (Lipinski definition) is 3. The summed E-state index contributed by atoms with van der Waals surface area (Å²) in [5.41, 5.74) is -2.10. The van der Waals surface area contributed by atoms with E-state index in [4.69, 9.17) is 0 Å². The Balaban J connectivity index is 1.74. The zero-order chi connectivity index (χ0) is 22.1. The predicted molar refractivity (Wildman–Crippen MR) is 118 cm³/mol. The lowest BCUT2D eigenvalue weighted by Crippen LogP contribution is -2.68. The van der Waals surface area contributed by atoms with Crippen LogP contribution in [0.2, 0.25) is 0 Å². The molecule has 0 aliphatic heterocycles. The molecule has 0 spiro atoms. The highest BCUT2D eigenvalue weighted by Gasteiger charge is 2.72. The summed E-state index contributed by atoms with van der Waals surface area (Å²) < 4.78 is 0. The van der Waals surface area contributed by atoms with Gasteiger partial charge < -0.3 is 15.3 Å². The molecule has 4 saturated carbocycles. The normalized spacial score (nSPS) is 54.0. The fraction of sp³-hybridized carbons (Fsp3) is 0.962. The quantitative estimate of drug-likeness (QED) is 0.580. The van der Waals surface area contributed by atoms with Crippen molar-refractivity contribution in [3.63, 3.8) is 0 Å². The van der Waals surface area contributed by atoms with Gasteiger partial charge in [-0.25, -0.2) is 0 Å². The smallest absolute Gasteiger partial charge is 0.310 e. The number of rotatable bonds is 4. The Labute approximate surface area is 182 Å².